The zero-order valence-corrected chi connectivity index (χ0v) is 8.92. The minimum absolute atomic E-state index is 0. The Balaban J connectivity index is 0.00000225. The molecule has 0 amide bonds. The van der Waals surface area contributed by atoms with E-state index in [1.54, 1.807) is 0 Å². The molecule has 0 unspecified atom stereocenters. The third kappa shape index (κ3) is 2.82. The van der Waals surface area contributed by atoms with E-state index in [2.05, 4.69) is 0 Å². The third-order valence-electron chi connectivity index (χ3n) is 1.98. The van der Waals surface area contributed by atoms with Crippen molar-refractivity contribution in [3.63, 3.8) is 0 Å². The monoisotopic (exact) mass is 261 g/mol. The van der Waals surface area contributed by atoms with E-state index in [1.807, 2.05) is 0 Å². The summed E-state index contributed by atoms with van der Waals surface area (Å²) in [7, 11) is 0. The van der Waals surface area contributed by atoms with Gasteiger partial charge in [0.05, 0.1) is 0 Å². The number of hydrogen-bond acceptors (Lipinski definition) is 1. The highest BCUT2D eigenvalue weighted by Crippen LogP contribution is 2.33. The van der Waals surface area contributed by atoms with Crippen LogP contribution in [0.3, 0.4) is 0 Å². The molecule has 1 aromatic carbocycles. The summed E-state index contributed by atoms with van der Waals surface area (Å²) in [5.74, 6) is -2.54. The fourth-order valence-corrected chi connectivity index (χ4v) is 1.13. The summed E-state index contributed by atoms with van der Waals surface area (Å²) in [4.78, 5) is 0. The quantitative estimate of drug-likeness (QED) is 0.772. The van der Waals surface area contributed by atoms with E-state index in [0.29, 0.717) is 0 Å². The number of alkyl halides is 3. The van der Waals surface area contributed by atoms with E-state index < -0.39 is 29.4 Å². The molecule has 0 saturated heterocycles. The molecule has 16 heavy (non-hydrogen) atoms. The maximum absolute atomic E-state index is 13.2. The van der Waals surface area contributed by atoms with Crippen LogP contribution >= 0.6 is 12.4 Å². The standard InChI is InChI=1S/C9H8F5N.ClH/c1-4-2-3-5(10)6(7(4)11)8(15)9(12,13)14;/h2-3,8H,15H2,1H3;1H/t8-;/m0./s1. The largest absolute Gasteiger partial charge is 0.407 e. The van der Waals surface area contributed by atoms with Gasteiger partial charge in [-0.2, -0.15) is 13.2 Å². The highest BCUT2D eigenvalue weighted by molar-refractivity contribution is 5.85. The van der Waals surface area contributed by atoms with E-state index in [9.17, 15) is 22.0 Å². The van der Waals surface area contributed by atoms with Crippen molar-refractivity contribution >= 4 is 12.4 Å². The van der Waals surface area contributed by atoms with E-state index in [4.69, 9.17) is 5.73 Å². The van der Waals surface area contributed by atoms with Crippen molar-refractivity contribution in [2.24, 2.45) is 5.73 Å². The maximum atomic E-state index is 13.2. The smallest absolute Gasteiger partial charge is 0.316 e. The van der Waals surface area contributed by atoms with Crippen LogP contribution in [0.2, 0.25) is 0 Å². The lowest BCUT2D eigenvalue weighted by molar-refractivity contribution is -0.150. The first-order valence-corrected chi connectivity index (χ1v) is 4.02. The number of rotatable bonds is 1. The Morgan fingerprint density at radius 2 is 1.69 bits per heavy atom. The van der Waals surface area contributed by atoms with E-state index in [0.717, 1.165) is 12.1 Å². The molecule has 0 bridgehead atoms. The van der Waals surface area contributed by atoms with Crippen molar-refractivity contribution < 1.29 is 22.0 Å². The SMILES string of the molecule is Cc1ccc(F)c([C@H](N)C(F)(F)F)c1F.Cl. The Labute approximate surface area is 94.8 Å². The van der Waals surface area contributed by atoms with Crippen LogP contribution < -0.4 is 5.73 Å². The van der Waals surface area contributed by atoms with Crippen LogP contribution in [0.4, 0.5) is 22.0 Å². The number of aryl methyl sites for hydroxylation is 1. The van der Waals surface area contributed by atoms with E-state index >= 15 is 0 Å². The van der Waals surface area contributed by atoms with Crippen LogP contribution in [0.5, 0.6) is 0 Å². The van der Waals surface area contributed by atoms with Crippen LogP contribution in [-0.4, -0.2) is 6.18 Å². The molecule has 0 saturated carbocycles. The van der Waals surface area contributed by atoms with Crippen LogP contribution in [0.25, 0.3) is 0 Å². The third-order valence-corrected chi connectivity index (χ3v) is 1.98. The fourth-order valence-electron chi connectivity index (χ4n) is 1.13. The molecule has 0 heterocycles. The lowest BCUT2D eigenvalue weighted by Gasteiger charge is -2.17. The van der Waals surface area contributed by atoms with Crippen molar-refractivity contribution in [2.45, 2.75) is 19.1 Å². The first-order valence-electron chi connectivity index (χ1n) is 4.02. The zero-order valence-electron chi connectivity index (χ0n) is 8.11. The Bertz CT molecular complexity index is 377. The summed E-state index contributed by atoms with van der Waals surface area (Å²) < 4.78 is 62.7. The molecule has 1 rings (SSSR count). The highest BCUT2D eigenvalue weighted by Gasteiger charge is 2.41. The van der Waals surface area contributed by atoms with Gasteiger partial charge in [0.15, 0.2) is 0 Å². The molecular formula is C9H9ClF5N. The summed E-state index contributed by atoms with van der Waals surface area (Å²) in [6.45, 7) is 1.24. The van der Waals surface area contributed by atoms with Crippen LogP contribution in [0, 0.1) is 18.6 Å². The van der Waals surface area contributed by atoms with Crippen molar-refractivity contribution in [2.75, 3.05) is 0 Å². The molecule has 0 aromatic heterocycles. The maximum Gasteiger partial charge on any atom is 0.407 e. The molecule has 0 aliphatic carbocycles. The normalized spacial score (nSPS) is 13.2. The summed E-state index contributed by atoms with van der Waals surface area (Å²) in [5.41, 5.74) is 3.52. The van der Waals surface area contributed by atoms with Crippen molar-refractivity contribution in [3.8, 4) is 0 Å². The van der Waals surface area contributed by atoms with Crippen LogP contribution in [-0.2, 0) is 0 Å². The molecule has 0 aliphatic heterocycles. The second-order valence-electron chi connectivity index (χ2n) is 3.11. The molecule has 0 spiro atoms. The first-order chi connectivity index (χ1) is 6.75. The van der Waals surface area contributed by atoms with Gasteiger partial charge in [0.25, 0.3) is 0 Å². The second-order valence-corrected chi connectivity index (χ2v) is 3.11. The molecule has 0 fully saturated rings. The van der Waals surface area contributed by atoms with E-state index in [-0.39, 0.29) is 18.0 Å². The Morgan fingerprint density at radius 1 is 1.19 bits per heavy atom. The van der Waals surface area contributed by atoms with Gasteiger partial charge in [0.2, 0.25) is 0 Å². The molecule has 1 nitrogen and oxygen atoms in total. The first kappa shape index (κ1) is 15.1. The van der Waals surface area contributed by atoms with Crippen molar-refractivity contribution in [3.05, 3.63) is 34.9 Å². The number of benzene rings is 1. The van der Waals surface area contributed by atoms with Crippen molar-refractivity contribution in [1.82, 2.24) is 0 Å². The number of halogens is 6. The fraction of sp³-hybridized carbons (Fsp3) is 0.333. The van der Waals surface area contributed by atoms with Crippen molar-refractivity contribution in [1.29, 1.82) is 0 Å². The van der Waals surface area contributed by atoms with Gasteiger partial charge in [0.1, 0.15) is 17.7 Å². The lowest BCUT2D eigenvalue weighted by atomic mass is 10.0. The summed E-state index contributed by atoms with van der Waals surface area (Å²) >= 11 is 0. The Hall–Kier alpha value is -0.880. The van der Waals surface area contributed by atoms with Crippen LogP contribution in [0.1, 0.15) is 17.2 Å². The molecule has 7 heteroatoms. The van der Waals surface area contributed by atoms with Gasteiger partial charge in [0, 0.05) is 5.56 Å². The highest BCUT2D eigenvalue weighted by atomic mass is 35.5. The van der Waals surface area contributed by atoms with Gasteiger partial charge in [-0.25, -0.2) is 8.78 Å². The molecule has 92 valence electrons. The second kappa shape index (κ2) is 4.97. The Morgan fingerprint density at radius 3 is 2.12 bits per heavy atom. The predicted molar refractivity (Wildman–Crippen MR) is 51.3 cm³/mol. The number of nitrogens with two attached hydrogens (primary N) is 1. The predicted octanol–water partition coefficient (Wildman–Crippen LogP) is 3.26. The van der Waals surface area contributed by atoms with Gasteiger partial charge in [-0.3, -0.25) is 0 Å². The molecule has 1 aromatic rings. The van der Waals surface area contributed by atoms with Gasteiger partial charge >= 0.3 is 6.18 Å². The summed E-state index contributed by atoms with van der Waals surface area (Å²) in [5, 5.41) is 0. The molecule has 2 N–H and O–H groups in total. The lowest BCUT2D eigenvalue weighted by Crippen LogP contribution is -2.30. The van der Waals surface area contributed by atoms with Gasteiger partial charge in [-0.05, 0) is 18.6 Å². The molecular weight excluding hydrogens is 253 g/mol. The molecule has 1 atom stereocenters. The average Bonchev–Trinajstić information content (AvgIpc) is 2.10. The summed E-state index contributed by atoms with van der Waals surface area (Å²) in [6, 6.07) is -0.825. The van der Waals surface area contributed by atoms with Gasteiger partial charge < -0.3 is 5.73 Å². The van der Waals surface area contributed by atoms with Gasteiger partial charge in [-0.15, -0.1) is 12.4 Å². The molecule has 0 radical (unpaired) electrons. The molecule has 0 aliphatic rings. The van der Waals surface area contributed by atoms with Crippen LogP contribution in [0.15, 0.2) is 12.1 Å². The minimum Gasteiger partial charge on any atom is -0.316 e. The Kier molecular flexibility index (Phi) is 4.69. The minimum atomic E-state index is -4.87. The van der Waals surface area contributed by atoms with E-state index in [1.165, 1.54) is 6.92 Å². The summed E-state index contributed by atoms with van der Waals surface area (Å²) in [6.07, 6.45) is -4.87. The topological polar surface area (TPSA) is 26.0 Å². The van der Waals surface area contributed by atoms with Gasteiger partial charge in [-0.1, -0.05) is 6.07 Å². The number of hydrogen-bond donors (Lipinski definition) is 1. The zero-order chi connectivity index (χ0) is 11.8. The average molecular weight is 262 g/mol.